The molecule has 0 aromatic heterocycles. The van der Waals surface area contributed by atoms with E-state index in [0.717, 1.165) is 11.3 Å². The Labute approximate surface area is 106 Å². The van der Waals surface area contributed by atoms with Crippen LogP contribution in [0, 0.1) is 0 Å². The molecule has 1 atom stereocenters. The number of para-hydroxylation sites is 1. The topological polar surface area (TPSA) is 78.8 Å². The number of carbonyl (C=O) groups is 1. The third-order valence-electron chi connectivity index (χ3n) is 2.56. The van der Waals surface area contributed by atoms with Gasteiger partial charge in [0.25, 0.3) is 0 Å². The molecule has 1 unspecified atom stereocenters. The zero-order valence-electron chi connectivity index (χ0n) is 10.4. The molecule has 0 saturated carbocycles. The number of aliphatic hydroxyl groups is 2. The Morgan fingerprint density at radius 2 is 2.17 bits per heavy atom. The summed E-state index contributed by atoms with van der Waals surface area (Å²) in [6.07, 6.45) is -0.0101. The van der Waals surface area contributed by atoms with E-state index in [4.69, 9.17) is 14.9 Å². The van der Waals surface area contributed by atoms with Gasteiger partial charge in [-0.25, -0.2) is 0 Å². The lowest BCUT2D eigenvalue weighted by molar-refractivity contribution is -0.121. The second-order valence-corrected chi connectivity index (χ2v) is 3.95. The summed E-state index contributed by atoms with van der Waals surface area (Å²) in [5.74, 6) is 0.606. The maximum Gasteiger partial charge on any atom is 0.220 e. The van der Waals surface area contributed by atoms with Crippen LogP contribution in [-0.2, 0) is 11.2 Å². The molecule has 1 amide bonds. The van der Waals surface area contributed by atoms with Crippen molar-refractivity contribution in [2.45, 2.75) is 18.9 Å². The average Bonchev–Trinajstić information content (AvgIpc) is 2.42. The lowest BCUT2D eigenvalue weighted by Crippen LogP contribution is -2.33. The van der Waals surface area contributed by atoms with Crippen LogP contribution in [-0.4, -0.2) is 42.5 Å². The standard InChI is InChI=1S/C13H19NO4/c1-18-12-5-3-2-4-10(12)6-7-13(17)14-8-11(16)9-15/h2-5,11,15-16H,6-9H2,1H3,(H,14,17). The summed E-state index contributed by atoms with van der Waals surface area (Å²) in [5.41, 5.74) is 0.970. The maximum atomic E-state index is 11.5. The molecule has 1 aromatic carbocycles. The van der Waals surface area contributed by atoms with Gasteiger partial charge in [0.1, 0.15) is 5.75 Å². The van der Waals surface area contributed by atoms with E-state index in [-0.39, 0.29) is 19.1 Å². The van der Waals surface area contributed by atoms with Gasteiger partial charge in [0.05, 0.1) is 19.8 Å². The monoisotopic (exact) mass is 253 g/mol. The summed E-state index contributed by atoms with van der Waals surface area (Å²) >= 11 is 0. The highest BCUT2D eigenvalue weighted by atomic mass is 16.5. The minimum Gasteiger partial charge on any atom is -0.496 e. The Balaban J connectivity index is 2.38. The summed E-state index contributed by atoms with van der Waals surface area (Å²) in [7, 11) is 1.59. The van der Waals surface area contributed by atoms with Crippen LogP contribution >= 0.6 is 0 Å². The highest BCUT2D eigenvalue weighted by Gasteiger charge is 2.08. The van der Waals surface area contributed by atoms with Crippen molar-refractivity contribution in [1.82, 2.24) is 5.32 Å². The lowest BCUT2D eigenvalue weighted by atomic mass is 10.1. The Bertz CT molecular complexity index is 381. The van der Waals surface area contributed by atoms with Crippen LogP contribution in [0.15, 0.2) is 24.3 Å². The Morgan fingerprint density at radius 1 is 1.44 bits per heavy atom. The van der Waals surface area contributed by atoms with E-state index in [9.17, 15) is 4.79 Å². The van der Waals surface area contributed by atoms with Gasteiger partial charge < -0.3 is 20.3 Å². The van der Waals surface area contributed by atoms with Gasteiger partial charge >= 0.3 is 0 Å². The summed E-state index contributed by atoms with van der Waals surface area (Å²) in [4.78, 5) is 11.5. The quantitative estimate of drug-likeness (QED) is 0.644. The zero-order chi connectivity index (χ0) is 13.4. The first-order valence-electron chi connectivity index (χ1n) is 5.85. The van der Waals surface area contributed by atoms with Gasteiger partial charge in [0, 0.05) is 13.0 Å². The fourth-order valence-electron chi connectivity index (χ4n) is 1.54. The summed E-state index contributed by atoms with van der Waals surface area (Å²) in [6.45, 7) is -0.284. The smallest absolute Gasteiger partial charge is 0.220 e. The molecule has 0 saturated heterocycles. The zero-order valence-corrected chi connectivity index (χ0v) is 10.4. The molecule has 0 spiro atoms. The van der Waals surface area contributed by atoms with Gasteiger partial charge in [0.2, 0.25) is 5.91 Å². The molecular formula is C13H19NO4. The van der Waals surface area contributed by atoms with Crippen LogP contribution < -0.4 is 10.1 Å². The van der Waals surface area contributed by atoms with Gasteiger partial charge in [-0.15, -0.1) is 0 Å². The number of hydrogen-bond acceptors (Lipinski definition) is 4. The maximum absolute atomic E-state index is 11.5. The number of aryl methyl sites for hydroxylation is 1. The summed E-state index contributed by atoms with van der Waals surface area (Å²) in [5, 5.41) is 20.2. The highest BCUT2D eigenvalue weighted by Crippen LogP contribution is 2.18. The third kappa shape index (κ3) is 4.73. The fraction of sp³-hybridized carbons (Fsp3) is 0.462. The van der Waals surface area contributed by atoms with Crippen molar-refractivity contribution >= 4 is 5.91 Å². The second kappa shape index (κ2) is 7.68. The number of carbonyl (C=O) groups excluding carboxylic acids is 1. The van der Waals surface area contributed by atoms with Crippen molar-refractivity contribution in [2.75, 3.05) is 20.3 Å². The minimum atomic E-state index is -0.903. The van der Waals surface area contributed by atoms with Gasteiger partial charge in [-0.3, -0.25) is 4.79 Å². The molecular weight excluding hydrogens is 234 g/mol. The normalized spacial score (nSPS) is 11.9. The SMILES string of the molecule is COc1ccccc1CCC(=O)NCC(O)CO. The lowest BCUT2D eigenvalue weighted by Gasteiger charge is -2.10. The molecule has 0 aliphatic heterocycles. The van der Waals surface area contributed by atoms with Gasteiger partial charge in [-0.05, 0) is 18.1 Å². The number of nitrogens with one attached hydrogen (secondary N) is 1. The molecule has 5 nitrogen and oxygen atoms in total. The largest absolute Gasteiger partial charge is 0.496 e. The van der Waals surface area contributed by atoms with Crippen LogP contribution in [0.1, 0.15) is 12.0 Å². The Hall–Kier alpha value is -1.59. The van der Waals surface area contributed by atoms with E-state index in [1.807, 2.05) is 24.3 Å². The molecule has 1 aromatic rings. The molecule has 0 aliphatic carbocycles. The van der Waals surface area contributed by atoms with Crippen molar-refractivity contribution < 1.29 is 19.7 Å². The molecule has 18 heavy (non-hydrogen) atoms. The molecule has 0 radical (unpaired) electrons. The van der Waals surface area contributed by atoms with E-state index < -0.39 is 6.10 Å². The Morgan fingerprint density at radius 3 is 2.83 bits per heavy atom. The second-order valence-electron chi connectivity index (χ2n) is 3.95. The first-order valence-corrected chi connectivity index (χ1v) is 5.85. The van der Waals surface area contributed by atoms with E-state index in [1.165, 1.54) is 0 Å². The number of amides is 1. The molecule has 5 heteroatoms. The predicted molar refractivity (Wildman–Crippen MR) is 67.4 cm³/mol. The highest BCUT2D eigenvalue weighted by molar-refractivity contribution is 5.76. The van der Waals surface area contributed by atoms with Gasteiger partial charge in [-0.2, -0.15) is 0 Å². The van der Waals surface area contributed by atoms with Crippen LogP contribution in [0.5, 0.6) is 5.75 Å². The average molecular weight is 253 g/mol. The molecule has 0 bridgehead atoms. The minimum absolute atomic E-state index is 0.0707. The summed E-state index contributed by atoms with van der Waals surface area (Å²) < 4.78 is 5.19. The van der Waals surface area contributed by atoms with E-state index in [0.29, 0.717) is 12.8 Å². The van der Waals surface area contributed by atoms with Gasteiger partial charge in [-0.1, -0.05) is 18.2 Å². The predicted octanol–water partition coefficient (Wildman–Crippen LogP) is 0.0972. The molecule has 3 N–H and O–H groups in total. The van der Waals surface area contributed by atoms with Crippen LogP contribution in [0.3, 0.4) is 0 Å². The molecule has 0 aliphatic rings. The third-order valence-corrected chi connectivity index (χ3v) is 2.56. The molecule has 0 heterocycles. The first kappa shape index (κ1) is 14.5. The van der Waals surface area contributed by atoms with E-state index in [1.54, 1.807) is 7.11 Å². The van der Waals surface area contributed by atoms with E-state index >= 15 is 0 Å². The van der Waals surface area contributed by atoms with Crippen molar-refractivity contribution in [3.8, 4) is 5.75 Å². The molecule has 1 rings (SSSR count). The number of ether oxygens (including phenoxy) is 1. The van der Waals surface area contributed by atoms with Crippen molar-refractivity contribution in [3.63, 3.8) is 0 Å². The molecule has 100 valence electrons. The number of aliphatic hydroxyl groups excluding tert-OH is 2. The molecule has 0 fully saturated rings. The number of hydrogen-bond donors (Lipinski definition) is 3. The Kier molecular flexibility index (Phi) is 6.18. The number of methoxy groups -OCH3 is 1. The van der Waals surface area contributed by atoms with Crippen molar-refractivity contribution in [2.24, 2.45) is 0 Å². The van der Waals surface area contributed by atoms with Crippen molar-refractivity contribution in [1.29, 1.82) is 0 Å². The van der Waals surface area contributed by atoms with Crippen LogP contribution in [0.2, 0.25) is 0 Å². The number of rotatable bonds is 7. The fourth-order valence-corrected chi connectivity index (χ4v) is 1.54. The number of benzene rings is 1. The summed E-state index contributed by atoms with van der Waals surface area (Å²) in [6, 6.07) is 7.53. The van der Waals surface area contributed by atoms with Gasteiger partial charge in [0.15, 0.2) is 0 Å². The van der Waals surface area contributed by atoms with Crippen molar-refractivity contribution in [3.05, 3.63) is 29.8 Å². The van der Waals surface area contributed by atoms with E-state index in [2.05, 4.69) is 5.32 Å². The van der Waals surface area contributed by atoms with Crippen LogP contribution in [0.4, 0.5) is 0 Å². The van der Waals surface area contributed by atoms with Crippen LogP contribution in [0.25, 0.3) is 0 Å². The first-order chi connectivity index (χ1) is 8.67.